The molecule has 0 saturated carbocycles. The third kappa shape index (κ3) is 1.54. The summed E-state index contributed by atoms with van der Waals surface area (Å²) in [5, 5.41) is 11.5. The second-order valence-corrected chi connectivity index (χ2v) is 5.93. The Balaban J connectivity index is 1.93. The minimum absolute atomic E-state index is 0.00869. The van der Waals surface area contributed by atoms with E-state index in [-0.39, 0.29) is 24.6 Å². The Morgan fingerprint density at radius 3 is 2.95 bits per heavy atom. The van der Waals surface area contributed by atoms with Crippen LogP contribution in [0.1, 0.15) is 17.3 Å². The quantitative estimate of drug-likeness (QED) is 0.777. The number of nitrogens with one attached hydrogen (secondary N) is 1. The van der Waals surface area contributed by atoms with Gasteiger partial charge in [0.05, 0.1) is 12.6 Å². The van der Waals surface area contributed by atoms with Crippen molar-refractivity contribution in [3.8, 4) is 0 Å². The van der Waals surface area contributed by atoms with Gasteiger partial charge in [-0.3, -0.25) is 9.69 Å². The molecule has 0 spiro atoms. The van der Waals surface area contributed by atoms with E-state index in [1.165, 1.54) is 4.90 Å². The smallest absolute Gasteiger partial charge is 0.251 e. The summed E-state index contributed by atoms with van der Waals surface area (Å²) >= 11 is 5.38. The molecule has 2 atom stereocenters. The first-order chi connectivity index (χ1) is 10.1. The average molecular weight is 301 g/mol. The lowest BCUT2D eigenvalue weighted by atomic mass is 9.93. The summed E-state index contributed by atoms with van der Waals surface area (Å²) in [6, 6.07) is 7.45. The molecule has 2 aliphatic rings. The fourth-order valence-electron chi connectivity index (χ4n) is 3.52. The van der Waals surface area contributed by atoms with Gasteiger partial charge in [0.1, 0.15) is 6.04 Å². The molecular formula is C15H15N3O2S. The van der Waals surface area contributed by atoms with Gasteiger partial charge in [-0.05, 0) is 23.8 Å². The maximum Gasteiger partial charge on any atom is 0.251 e. The Morgan fingerprint density at radius 2 is 2.19 bits per heavy atom. The lowest BCUT2D eigenvalue weighted by Crippen LogP contribution is -2.44. The molecule has 1 aromatic carbocycles. The summed E-state index contributed by atoms with van der Waals surface area (Å²) in [6.45, 7) is -0.0718. The van der Waals surface area contributed by atoms with Crippen LogP contribution in [0.2, 0.25) is 0 Å². The highest BCUT2D eigenvalue weighted by Gasteiger charge is 2.48. The van der Waals surface area contributed by atoms with Crippen LogP contribution >= 0.6 is 12.2 Å². The van der Waals surface area contributed by atoms with E-state index < -0.39 is 0 Å². The molecule has 0 bridgehead atoms. The SMILES string of the molecule is CN1C(=O)C2Cc3c([nH]c4ccccc34)C(CO)N2C1=S. The number of carbonyl (C=O) groups excluding carboxylic acids is 1. The minimum Gasteiger partial charge on any atom is -0.394 e. The van der Waals surface area contributed by atoms with Crippen molar-refractivity contribution in [3.05, 3.63) is 35.5 Å². The predicted molar refractivity (Wildman–Crippen MR) is 82.8 cm³/mol. The summed E-state index contributed by atoms with van der Waals surface area (Å²) in [7, 11) is 1.70. The van der Waals surface area contributed by atoms with E-state index in [0.29, 0.717) is 11.5 Å². The van der Waals surface area contributed by atoms with Gasteiger partial charge >= 0.3 is 0 Å². The Labute approximate surface area is 127 Å². The first kappa shape index (κ1) is 12.8. The molecule has 0 aliphatic carbocycles. The van der Waals surface area contributed by atoms with Crippen LogP contribution in [-0.2, 0) is 11.2 Å². The Hall–Kier alpha value is -1.92. The molecule has 21 heavy (non-hydrogen) atoms. The summed E-state index contributed by atoms with van der Waals surface area (Å²) in [5.41, 5.74) is 3.13. The second kappa shape index (κ2) is 4.29. The fourth-order valence-corrected chi connectivity index (χ4v) is 3.86. The summed E-state index contributed by atoms with van der Waals surface area (Å²) < 4.78 is 0. The highest BCUT2D eigenvalue weighted by molar-refractivity contribution is 7.80. The van der Waals surface area contributed by atoms with Crippen molar-refractivity contribution >= 4 is 34.1 Å². The van der Waals surface area contributed by atoms with E-state index in [4.69, 9.17) is 12.2 Å². The van der Waals surface area contributed by atoms with Crippen LogP contribution < -0.4 is 0 Å². The van der Waals surface area contributed by atoms with Crippen LogP contribution in [0.15, 0.2) is 24.3 Å². The fraction of sp³-hybridized carbons (Fsp3) is 0.333. The van der Waals surface area contributed by atoms with Gasteiger partial charge < -0.3 is 15.0 Å². The van der Waals surface area contributed by atoms with Gasteiger partial charge in [0.15, 0.2) is 5.11 Å². The van der Waals surface area contributed by atoms with Crippen molar-refractivity contribution in [1.29, 1.82) is 0 Å². The van der Waals surface area contributed by atoms with Crippen LogP contribution in [0.25, 0.3) is 10.9 Å². The second-order valence-electron chi connectivity index (χ2n) is 5.57. The topological polar surface area (TPSA) is 59.6 Å². The normalized spacial score (nSPS) is 24.7. The maximum absolute atomic E-state index is 12.4. The third-order valence-corrected chi connectivity index (χ3v) is 5.03. The Bertz CT molecular complexity index is 769. The number of hydrogen-bond acceptors (Lipinski definition) is 3. The number of benzene rings is 1. The van der Waals surface area contributed by atoms with E-state index >= 15 is 0 Å². The molecule has 4 rings (SSSR count). The molecule has 2 aliphatic heterocycles. The van der Waals surface area contributed by atoms with Crippen LogP contribution in [0.3, 0.4) is 0 Å². The highest BCUT2D eigenvalue weighted by atomic mass is 32.1. The number of aliphatic hydroxyl groups is 1. The highest BCUT2D eigenvalue weighted by Crippen LogP contribution is 2.40. The van der Waals surface area contributed by atoms with Gasteiger partial charge in [-0.1, -0.05) is 18.2 Å². The lowest BCUT2D eigenvalue weighted by molar-refractivity contribution is -0.127. The molecule has 2 aromatic rings. The molecular weight excluding hydrogens is 286 g/mol. The molecule has 1 aromatic heterocycles. The van der Waals surface area contributed by atoms with Crippen LogP contribution in [0, 0.1) is 0 Å². The van der Waals surface area contributed by atoms with E-state index in [0.717, 1.165) is 22.2 Å². The van der Waals surface area contributed by atoms with Gasteiger partial charge in [0.2, 0.25) is 0 Å². The van der Waals surface area contributed by atoms with Crippen molar-refractivity contribution in [2.75, 3.05) is 13.7 Å². The number of aromatic nitrogens is 1. The van der Waals surface area contributed by atoms with E-state index in [1.54, 1.807) is 7.05 Å². The number of carbonyl (C=O) groups is 1. The zero-order valence-electron chi connectivity index (χ0n) is 11.5. The average Bonchev–Trinajstić information content (AvgIpc) is 2.98. The Morgan fingerprint density at radius 1 is 1.43 bits per heavy atom. The number of aliphatic hydroxyl groups excluding tert-OH is 1. The number of thiocarbonyl (C=S) groups is 1. The van der Waals surface area contributed by atoms with E-state index in [1.807, 2.05) is 23.1 Å². The van der Waals surface area contributed by atoms with Crippen molar-refractivity contribution < 1.29 is 9.90 Å². The van der Waals surface area contributed by atoms with Gasteiger partial charge in [-0.2, -0.15) is 0 Å². The number of para-hydroxylation sites is 1. The number of nitrogens with zero attached hydrogens (tertiary/aromatic N) is 2. The zero-order chi connectivity index (χ0) is 14.7. The monoisotopic (exact) mass is 301 g/mol. The molecule has 1 saturated heterocycles. The van der Waals surface area contributed by atoms with Crippen molar-refractivity contribution in [3.63, 3.8) is 0 Å². The summed E-state index contributed by atoms with van der Waals surface area (Å²) in [5.74, 6) is 0.00869. The standard InChI is InChI=1S/C15H15N3O2S/c1-17-14(20)11-6-9-8-4-2-3-5-10(8)16-13(9)12(7-19)18(11)15(17)21/h2-5,11-12,16,19H,6-7H2,1H3. The molecule has 108 valence electrons. The van der Waals surface area contributed by atoms with Crippen molar-refractivity contribution in [1.82, 2.24) is 14.8 Å². The van der Waals surface area contributed by atoms with Gasteiger partial charge in [-0.15, -0.1) is 0 Å². The van der Waals surface area contributed by atoms with Crippen molar-refractivity contribution in [2.45, 2.75) is 18.5 Å². The minimum atomic E-state index is -0.300. The number of hydrogen-bond donors (Lipinski definition) is 2. The molecule has 2 unspecified atom stereocenters. The third-order valence-electron chi connectivity index (χ3n) is 4.55. The first-order valence-corrected chi connectivity index (χ1v) is 7.34. The number of amides is 1. The molecule has 5 nitrogen and oxygen atoms in total. The molecule has 3 heterocycles. The van der Waals surface area contributed by atoms with Crippen LogP contribution in [0.5, 0.6) is 0 Å². The van der Waals surface area contributed by atoms with Gasteiger partial charge in [-0.25, -0.2) is 0 Å². The van der Waals surface area contributed by atoms with Crippen LogP contribution in [0.4, 0.5) is 0 Å². The number of H-pyrrole nitrogens is 1. The van der Waals surface area contributed by atoms with Crippen molar-refractivity contribution in [2.24, 2.45) is 0 Å². The molecule has 2 N–H and O–H groups in total. The number of rotatable bonds is 1. The molecule has 0 radical (unpaired) electrons. The lowest BCUT2D eigenvalue weighted by Gasteiger charge is -2.35. The first-order valence-electron chi connectivity index (χ1n) is 6.93. The summed E-state index contributed by atoms with van der Waals surface area (Å²) in [4.78, 5) is 19.2. The van der Waals surface area contributed by atoms with Gasteiger partial charge in [0.25, 0.3) is 5.91 Å². The number of fused-ring (bicyclic) bond motifs is 4. The van der Waals surface area contributed by atoms with Crippen LogP contribution in [-0.4, -0.2) is 50.6 Å². The van der Waals surface area contributed by atoms with Gasteiger partial charge in [0, 0.05) is 30.1 Å². The van der Waals surface area contributed by atoms with E-state index in [9.17, 15) is 9.90 Å². The Kier molecular flexibility index (Phi) is 2.61. The zero-order valence-corrected chi connectivity index (χ0v) is 12.4. The molecule has 1 fully saturated rings. The van der Waals surface area contributed by atoms with E-state index in [2.05, 4.69) is 11.1 Å². The maximum atomic E-state index is 12.4. The molecule has 1 amide bonds. The summed E-state index contributed by atoms with van der Waals surface area (Å²) in [6.07, 6.45) is 0.624. The predicted octanol–water partition coefficient (Wildman–Crippen LogP) is 1.18. The number of likely N-dealkylation sites (N-methyl/N-ethyl adjacent to an activating group) is 1. The molecule has 6 heteroatoms. The number of aromatic amines is 1. The largest absolute Gasteiger partial charge is 0.394 e.